The lowest BCUT2D eigenvalue weighted by Crippen LogP contribution is -2.42. The molecule has 0 radical (unpaired) electrons. The van der Waals surface area contributed by atoms with Crippen molar-refractivity contribution in [3.05, 3.63) is 16.6 Å². The predicted octanol–water partition coefficient (Wildman–Crippen LogP) is 1.23. The zero-order valence-electron chi connectivity index (χ0n) is 14.7. The number of amides is 3. The van der Waals surface area contributed by atoms with E-state index in [0.29, 0.717) is 19.5 Å². The lowest BCUT2D eigenvalue weighted by atomic mass is 10.1. The van der Waals surface area contributed by atoms with Gasteiger partial charge in [0.1, 0.15) is 0 Å². The number of thiazole rings is 1. The molecule has 8 heteroatoms. The molecule has 1 saturated heterocycles. The maximum absolute atomic E-state index is 12.1. The number of aromatic nitrogens is 1. The summed E-state index contributed by atoms with van der Waals surface area (Å²) in [4.78, 5) is 33.9. The molecule has 1 unspecified atom stereocenters. The number of hydrogen-bond donors (Lipinski definition) is 1. The molecule has 1 N–H and O–H groups in total. The number of likely N-dealkylation sites (tertiary alicyclic amines) is 1. The van der Waals surface area contributed by atoms with Crippen molar-refractivity contribution >= 4 is 23.3 Å². The van der Waals surface area contributed by atoms with Gasteiger partial charge in [-0.1, -0.05) is 0 Å². The molecule has 24 heavy (non-hydrogen) atoms. The Bertz CT molecular complexity index is 535. The average molecular weight is 353 g/mol. The van der Waals surface area contributed by atoms with Gasteiger partial charge in [-0.05, 0) is 26.9 Å². The van der Waals surface area contributed by atoms with E-state index >= 15 is 0 Å². The van der Waals surface area contributed by atoms with Gasteiger partial charge in [-0.3, -0.25) is 4.79 Å². The minimum Gasteiger partial charge on any atom is -0.338 e. The molecule has 1 aromatic rings. The molecule has 0 spiro atoms. The van der Waals surface area contributed by atoms with Crippen LogP contribution < -0.4 is 5.32 Å². The van der Waals surface area contributed by atoms with E-state index < -0.39 is 0 Å². The molecule has 0 aliphatic carbocycles. The largest absolute Gasteiger partial charge is 0.338 e. The highest BCUT2D eigenvalue weighted by Crippen LogP contribution is 2.20. The van der Waals surface area contributed by atoms with E-state index in [2.05, 4.69) is 15.2 Å². The van der Waals surface area contributed by atoms with Crippen LogP contribution in [-0.4, -0.2) is 78.4 Å². The van der Waals surface area contributed by atoms with Crippen molar-refractivity contribution in [2.24, 2.45) is 0 Å². The molecule has 1 atom stereocenters. The van der Waals surface area contributed by atoms with Crippen LogP contribution in [0.1, 0.15) is 25.0 Å². The molecule has 1 aromatic heterocycles. The third kappa shape index (κ3) is 5.45. The molecule has 0 aromatic carbocycles. The van der Waals surface area contributed by atoms with Gasteiger partial charge < -0.3 is 20.0 Å². The summed E-state index contributed by atoms with van der Waals surface area (Å²) in [6, 6.07) is 0.133. The molecular formula is C16H27N5O2S. The molecule has 134 valence electrons. The minimum atomic E-state index is -0.104. The summed E-state index contributed by atoms with van der Waals surface area (Å²) >= 11 is 1.52. The monoisotopic (exact) mass is 353 g/mol. The van der Waals surface area contributed by atoms with Gasteiger partial charge in [0.2, 0.25) is 5.91 Å². The van der Waals surface area contributed by atoms with E-state index in [1.165, 1.54) is 11.3 Å². The minimum absolute atomic E-state index is 0.104. The van der Waals surface area contributed by atoms with Crippen molar-refractivity contribution in [2.45, 2.75) is 31.8 Å². The van der Waals surface area contributed by atoms with Gasteiger partial charge in [-0.15, -0.1) is 11.3 Å². The van der Waals surface area contributed by atoms with Gasteiger partial charge in [0.05, 0.1) is 17.7 Å². The Hall–Kier alpha value is -1.67. The van der Waals surface area contributed by atoms with E-state index in [1.54, 1.807) is 17.5 Å². The maximum Gasteiger partial charge on any atom is 0.317 e. The highest BCUT2D eigenvalue weighted by molar-refractivity contribution is 7.07. The van der Waals surface area contributed by atoms with E-state index in [0.717, 1.165) is 31.6 Å². The molecule has 1 aliphatic heterocycles. The highest BCUT2D eigenvalue weighted by atomic mass is 32.1. The first kappa shape index (κ1) is 18.7. The lowest BCUT2D eigenvalue weighted by molar-refractivity contribution is -0.129. The van der Waals surface area contributed by atoms with Crippen LogP contribution in [0.25, 0.3) is 0 Å². The lowest BCUT2D eigenvalue weighted by Gasteiger charge is -2.26. The van der Waals surface area contributed by atoms with Crippen molar-refractivity contribution in [1.29, 1.82) is 0 Å². The second-order valence-electron chi connectivity index (χ2n) is 6.44. The zero-order chi connectivity index (χ0) is 17.5. The van der Waals surface area contributed by atoms with Crippen molar-refractivity contribution in [3.8, 4) is 0 Å². The maximum atomic E-state index is 12.1. The van der Waals surface area contributed by atoms with Crippen LogP contribution in [0.4, 0.5) is 4.79 Å². The summed E-state index contributed by atoms with van der Waals surface area (Å²) in [6.45, 7) is 2.71. The van der Waals surface area contributed by atoms with Crippen LogP contribution in [-0.2, 0) is 11.3 Å². The van der Waals surface area contributed by atoms with Gasteiger partial charge in [0.15, 0.2) is 0 Å². The number of nitrogens with zero attached hydrogens (tertiary/aromatic N) is 4. The van der Waals surface area contributed by atoms with E-state index in [9.17, 15) is 9.59 Å². The van der Waals surface area contributed by atoms with E-state index in [-0.39, 0.29) is 18.0 Å². The first-order valence-corrected chi connectivity index (χ1v) is 9.22. The van der Waals surface area contributed by atoms with Gasteiger partial charge in [0, 0.05) is 44.5 Å². The Morgan fingerprint density at radius 1 is 1.46 bits per heavy atom. The molecule has 0 saturated carbocycles. The van der Waals surface area contributed by atoms with Gasteiger partial charge >= 0.3 is 6.03 Å². The standard InChI is InChI=1S/C16H27N5O2S/c1-19(2)8-9-21-14(4-5-15(21)22)6-7-17-16(23)20(3)10-13-11-24-12-18-13/h11-12,14H,4-10H2,1-3H3,(H,17,23). The normalized spacial score (nSPS) is 17.6. The Morgan fingerprint density at radius 2 is 2.25 bits per heavy atom. The number of urea groups is 1. The van der Waals surface area contributed by atoms with Crippen molar-refractivity contribution in [3.63, 3.8) is 0 Å². The first-order chi connectivity index (χ1) is 11.5. The third-order valence-corrected chi connectivity index (χ3v) is 4.86. The predicted molar refractivity (Wildman–Crippen MR) is 94.9 cm³/mol. The van der Waals surface area contributed by atoms with Gasteiger partial charge in [-0.2, -0.15) is 0 Å². The number of carbonyl (C=O) groups is 2. The second kappa shape index (κ2) is 8.98. The molecule has 2 heterocycles. The molecule has 2 rings (SSSR count). The number of nitrogens with one attached hydrogen (secondary N) is 1. The fourth-order valence-electron chi connectivity index (χ4n) is 2.82. The van der Waals surface area contributed by atoms with Crippen LogP contribution >= 0.6 is 11.3 Å². The van der Waals surface area contributed by atoms with E-state index in [1.807, 2.05) is 24.4 Å². The number of rotatable bonds is 8. The SMILES string of the molecule is CN(C)CCN1C(=O)CCC1CCNC(=O)N(C)Cc1cscn1. The van der Waals surface area contributed by atoms with Crippen LogP contribution in [0, 0.1) is 0 Å². The quantitative estimate of drug-likeness (QED) is 0.763. The zero-order valence-corrected chi connectivity index (χ0v) is 15.5. The van der Waals surface area contributed by atoms with Crippen LogP contribution in [0.2, 0.25) is 0 Å². The number of carbonyl (C=O) groups excluding carboxylic acids is 2. The third-order valence-electron chi connectivity index (χ3n) is 4.22. The Morgan fingerprint density at radius 3 is 2.92 bits per heavy atom. The number of likely N-dealkylation sites (N-methyl/N-ethyl adjacent to an activating group) is 1. The molecular weight excluding hydrogens is 326 g/mol. The smallest absolute Gasteiger partial charge is 0.317 e. The summed E-state index contributed by atoms with van der Waals surface area (Å²) in [5.74, 6) is 0.230. The summed E-state index contributed by atoms with van der Waals surface area (Å²) < 4.78 is 0. The van der Waals surface area contributed by atoms with Crippen molar-refractivity contribution in [2.75, 3.05) is 40.8 Å². The first-order valence-electron chi connectivity index (χ1n) is 8.27. The highest BCUT2D eigenvalue weighted by Gasteiger charge is 2.30. The molecule has 1 aliphatic rings. The van der Waals surface area contributed by atoms with Gasteiger partial charge in [-0.25, -0.2) is 9.78 Å². The van der Waals surface area contributed by atoms with E-state index in [4.69, 9.17) is 0 Å². The Labute approximate surface area is 147 Å². The second-order valence-corrected chi connectivity index (χ2v) is 7.16. The number of hydrogen-bond acceptors (Lipinski definition) is 5. The molecule has 1 fully saturated rings. The summed E-state index contributed by atoms with van der Waals surface area (Å²) in [6.07, 6.45) is 2.31. The van der Waals surface area contributed by atoms with Crippen molar-refractivity contribution in [1.82, 2.24) is 25.0 Å². The van der Waals surface area contributed by atoms with Crippen molar-refractivity contribution < 1.29 is 9.59 Å². The summed E-state index contributed by atoms with van der Waals surface area (Å²) in [5.41, 5.74) is 2.66. The fourth-order valence-corrected chi connectivity index (χ4v) is 3.37. The molecule has 3 amide bonds. The summed E-state index contributed by atoms with van der Waals surface area (Å²) in [5, 5.41) is 4.88. The van der Waals surface area contributed by atoms with Gasteiger partial charge in [0.25, 0.3) is 0 Å². The fraction of sp³-hybridized carbons (Fsp3) is 0.688. The van der Waals surface area contributed by atoms with Crippen LogP contribution in [0.5, 0.6) is 0 Å². The van der Waals surface area contributed by atoms with Crippen LogP contribution in [0.15, 0.2) is 10.9 Å². The topological polar surface area (TPSA) is 68.8 Å². The molecule has 0 bridgehead atoms. The average Bonchev–Trinajstić information content (AvgIpc) is 3.15. The molecule has 7 nitrogen and oxygen atoms in total. The Balaban J connectivity index is 1.72. The van der Waals surface area contributed by atoms with Crippen LogP contribution in [0.3, 0.4) is 0 Å². The summed E-state index contributed by atoms with van der Waals surface area (Å²) in [7, 11) is 5.78. The Kier molecular flexibility index (Phi) is 6.99.